The number of sulfone groups is 1. The zero-order valence-corrected chi connectivity index (χ0v) is 16.3. The Hall–Kier alpha value is -2.13. The molecule has 0 amide bonds. The zero-order valence-electron chi connectivity index (χ0n) is 14.7. The summed E-state index contributed by atoms with van der Waals surface area (Å²) in [5.41, 5.74) is 0. The first-order valence-corrected chi connectivity index (χ1v) is 10.6. The van der Waals surface area contributed by atoms with Crippen molar-refractivity contribution in [2.75, 3.05) is 5.75 Å². The number of allylic oxidation sites excluding steroid dienone is 1. The monoisotopic (exact) mass is 395 g/mol. The average molecular weight is 396 g/mol. The van der Waals surface area contributed by atoms with E-state index in [4.69, 9.17) is 4.74 Å². The van der Waals surface area contributed by atoms with Gasteiger partial charge in [0.25, 0.3) is 0 Å². The highest BCUT2D eigenvalue weighted by atomic mass is 32.2. The van der Waals surface area contributed by atoms with Gasteiger partial charge in [0, 0.05) is 6.54 Å². The number of ether oxygens (including phenoxy) is 1. The Morgan fingerprint density at radius 2 is 2.00 bits per heavy atom. The summed E-state index contributed by atoms with van der Waals surface area (Å²) in [6, 6.07) is 8.18. The van der Waals surface area contributed by atoms with E-state index in [9.17, 15) is 13.2 Å². The molecule has 2 aromatic rings. The van der Waals surface area contributed by atoms with Crippen molar-refractivity contribution in [3.63, 3.8) is 0 Å². The number of hydrogen-bond donors (Lipinski definition) is 0. The molecule has 0 fully saturated rings. The molecule has 26 heavy (non-hydrogen) atoms. The molecule has 1 aromatic heterocycles. The number of nitrogens with zero attached hydrogens (tertiary/aromatic N) is 3. The highest BCUT2D eigenvalue weighted by molar-refractivity contribution is 7.99. The highest BCUT2D eigenvalue weighted by Gasteiger charge is 2.21. The van der Waals surface area contributed by atoms with E-state index >= 15 is 0 Å². The first-order chi connectivity index (χ1) is 12.3. The van der Waals surface area contributed by atoms with E-state index in [0.717, 1.165) is 11.8 Å². The summed E-state index contributed by atoms with van der Waals surface area (Å²) in [5.74, 6) is -0.279. The van der Waals surface area contributed by atoms with Gasteiger partial charge in [-0.25, -0.2) is 8.42 Å². The van der Waals surface area contributed by atoms with E-state index in [1.807, 2.05) is 0 Å². The predicted octanol–water partition coefficient (Wildman–Crippen LogP) is 2.48. The molecule has 0 atom stereocenters. The van der Waals surface area contributed by atoms with Gasteiger partial charge in [-0.1, -0.05) is 36.0 Å². The van der Waals surface area contributed by atoms with Gasteiger partial charge in [-0.05, 0) is 26.0 Å². The van der Waals surface area contributed by atoms with Gasteiger partial charge in [-0.15, -0.1) is 16.8 Å². The fourth-order valence-corrected chi connectivity index (χ4v) is 4.19. The Morgan fingerprint density at radius 3 is 2.62 bits per heavy atom. The van der Waals surface area contributed by atoms with E-state index in [1.165, 1.54) is 0 Å². The fraction of sp³-hybridized carbons (Fsp3) is 0.353. The Kier molecular flexibility index (Phi) is 6.98. The summed E-state index contributed by atoms with van der Waals surface area (Å²) in [6.45, 7) is 7.57. The molecular formula is C17H21N3O4S2. The molecule has 0 aliphatic rings. The lowest BCUT2D eigenvalue weighted by Gasteiger charge is -2.09. The molecule has 9 heteroatoms. The van der Waals surface area contributed by atoms with Crippen LogP contribution >= 0.6 is 11.8 Å². The van der Waals surface area contributed by atoms with Crippen LogP contribution in [0.3, 0.4) is 0 Å². The van der Waals surface area contributed by atoms with Crippen molar-refractivity contribution >= 4 is 27.6 Å². The maximum Gasteiger partial charge on any atom is 0.316 e. The Balaban J connectivity index is 2.18. The smallest absolute Gasteiger partial charge is 0.316 e. The maximum atomic E-state index is 12.6. The molecule has 0 saturated heterocycles. The van der Waals surface area contributed by atoms with Crippen molar-refractivity contribution in [1.82, 2.24) is 14.8 Å². The van der Waals surface area contributed by atoms with Crippen LogP contribution in [0.25, 0.3) is 0 Å². The second-order valence-corrected chi connectivity index (χ2v) is 8.63. The number of thioether (sulfide) groups is 1. The lowest BCUT2D eigenvalue weighted by molar-refractivity contribution is -0.144. The molecule has 0 bridgehead atoms. The summed E-state index contributed by atoms with van der Waals surface area (Å²) in [7, 11) is -3.55. The fourth-order valence-electron chi connectivity index (χ4n) is 2.15. The molecule has 0 unspecified atom stereocenters. The van der Waals surface area contributed by atoms with Gasteiger partial charge >= 0.3 is 5.97 Å². The van der Waals surface area contributed by atoms with Crippen molar-refractivity contribution in [3.05, 3.63) is 48.8 Å². The Morgan fingerprint density at radius 1 is 1.31 bits per heavy atom. The van der Waals surface area contributed by atoms with Crippen molar-refractivity contribution in [2.24, 2.45) is 0 Å². The molecule has 2 rings (SSSR count). The second kappa shape index (κ2) is 9.00. The van der Waals surface area contributed by atoms with Crippen LogP contribution in [0, 0.1) is 0 Å². The number of carbonyl (C=O) groups is 1. The van der Waals surface area contributed by atoms with Crippen molar-refractivity contribution in [3.8, 4) is 0 Å². The normalized spacial score (nSPS) is 11.5. The summed E-state index contributed by atoms with van der Waals surface area (Å²) < 4.78 is 31.9. The van der Waals surface area contributed by atoms with Crippen LogP contribution in [0.2, 0.25) is 0 Å². The molecule has 1 heterocycles. The van der Waals surface area contributed by atoms with Crippen LogP contribution in [0.5, 0.6) is 0 Å². The van der Waals surface area contributed by atoms with Gasteiger partial charge in [-0.3, -0.25) is 4.79 Å². The first-order valence-electron chi connectivity index (χ1n) is 7.96. The second-order valence-electron chi connectivity index (χ2n) is 5.70. The topological polar surface area (TPSA) is 91.1 Å². The highest BCUT2D eigenvalue weighted by Crippen LogP contribution is 2.21. The van der Waals surface area contributed by atoms with Gasteiger partial charge in [0.1, 0.15) is 11.6 Å². The molecule has 0 radical (unpaired) electrons. The quantitative estimate of drug-likeness (QED) is 0.366. The minimum absolute atomic E-state index is 0.0683. The number of aromatic nitrogens is 3. The van der Waals surface area contributed by atoms with Gasteiger partial charge in [0.2, 0.25) is 0 Å². The molecule has 140 valence electrons. The van der Waals surface area contributed by atoms with Crippen LogP contribution in [0.4, 0.5) is 0 Å². The van der Waals surface area contributed by atoms with E-state index < -0.39 is 9.84 Å². The molecule has 0 saturated carbocycles. The van der Waals surface area contributed by atoms with E-state index in [1.54, 1.807) is 54.8 Å². The standard InChI is InChI=1S/C17H21N3O4S2/c1-4-10-20-15(12-26(22,23)14-8-6-5-7-9-14)18-19-17(20)25-11-16(21)24-13(2)3/h4-9,13H,1,10-12H2,2-3H3. The summed E-state index contributed by atoms with van der Waals surface area (Å²) in [4.78, 5) is 11.9. The van der Waals surface area contributed by atoms with Gasteiger partial charge in [-0.2, -0.15) is 0 Å². The number of esters is 1. The Bertz CT molecular complexity index is 861. The number of rotatable bonds is 9. The number of hydrogen-bond acceptors (Lipinski definition) is 7. The molecule has 0 spiro atoms. The van der Waals surface area contributed by atoms with Crippen LogP contribution in [-0.4, -0.2) is 41.0 Å². The summed E-state index contributed by atoms with van der Waals surface area (Å²) >= 11 is 1.15. The average Bonchev–Trinajstić information content (AvgIpc) is 2.95. The predicted molar refractivity (Wildman–Crippen MR) is 99.5 cm³/mol. The number of benzene rings is 1. The SMILES string of the molecule is C=CCn1c(CS(=O)(=O)c2ccccc2)nnc1SCC(=O)OC(C)C. The maximum absolute atomic E-state index is 12.6. The lowest BCUT2D eigenvalue weighted by atomic mass is 10.4. The lowest BCUT2D eigenvalue weighted by Crippen LogP contribution is -2.14. The first kappa shape index (κ1) is 20.2. The van der Waals surface area contributed by atoms with E-state index in [2.05, 4.69) is 16.8 Å². The van der Waals surface area contributed by atoms with Gasteiger partial charge in [0.15, 0.2) is 15.0 Å². The van der Waals surface area contributed by atoms with Gasteiger partial charge < -0.3 is 9.30 Å². The van der Waals surface area contributed by atoms with Crippen LogP contribution in [0.15, 0.2) is 53.0 Å². The van der Waals surface area contributed by atoms with Crippen LogP contribution < -0.4 is 0 Å². The third kappa shape index (κ3) is 5.43. The molecule has 0 aliphatic heterocycles. The van der Waals surface area contributed by atoms with Crippen LogP contribution in [0.1, 0.15) is 19.7 Å². The van der Waals surface area contributed by atoms with Gasteiger partial charge in [0.05, 0.1) is 16.8 Å². The van der Waals surface area contributed by atoms with E-state index in [0.29, 0.717) is 17.5 Å². The third-order valence-corrected chi connectivity index (χ3v) is 5.78. The molecule has 7 nitrogen and oxygen atoms in total. The molecular weight excluding hydrogens is 374 g/mol. The van der Waals surface area contributed by atoms with E-state index in [-0.39, 0.29) is 28.5 Å². The molecule has 1 aromatic carbocycles. The Labute approximate surface area is 157 Å². The largest absolute Gasteiger partial charge is 0.462 e. The minimum atomic E-state index is -3.55. The number of carbonyl (C=O) groups excluding carboxylic acids is 1. The molecule has 0 N–H and O–H groups in total. The van der Waals surface area contributed by atoms with Crippen LogP contribution in [-0.2, 0) is 31.7 Å². The summed E-state index contributed by atoms with van der Waals surface area (Å²) in [5, 5.41) is 8.47. The van der Waals surface area contributed by atoms with Crippen molar-refractivity contribution in [1.29, 1.82) is 0 Å². The van der Waals surface area contributed by atoms with Crippen molar-refractivity contribution < 1.29 is 17.9 Å². The third-order valence-electron chi connectivity index (χ3n) is 3.21. The van der Waals surface area contributed by atoms with Crippen molar-refractivity contribution in [2.45, 2.75) is 42.3 Å². The minimum Gasteiger partial charge on any atom is -0.462 e. The summed E-state index contributed by atoms with van der Waals surface area (Å²) in [6.07, 6.45) is 1.43. The zero-order chi connectivity index (χ0) is 19.2. The molecule has 0 aliphatic carbocycles.